The van der Waals surface area contributed by atoms with E-state index in [0.717, 1.165) is 23.9 Å². The third kappa shape index (κ3) is 5.72. The van der Waals surface area contributed by atoms with Crippen molar-refractivity contribution < 1.29 is 38.1 Å². The van der Waals surface area contributed by atoms with Gasteiger partial charge in [0.2, 0.25) is 0 Å². The highest BCUT2D eigenvalue weighted by molar-refractivity contribution is 7.52. The van der Waals surface area contributed by atoms with Crippen molar-refractivity contribution in [1.29, 1.82) is 0 Å². The van der Waals surface area contributed by atoms with Crippen LogP contribution in [0, 0.1) is 0 Å². The summed E-state index contributed by atoms with van der Waals surface area (Å²) in [5, 5.41) is 23.9. The van der Waals surface area contributed by atoms with E-state index < -0.39 is 61.1 Å². The number of aliphatic hydroxyl groups is 2. The standard InChI is InChI=1S/C21H28N3O10P/c1-12(19(28)31-4)23-35(30,34-14-8-6-5-7-9-14)33-13(2)17-16(26)18(27)21(3,32-17)24-11-10-15(25)22-20(24)29/h5-13,16-18,26-27H,1-4H3,(H,23,30)(H,22,25,29). The fourth-order valence-electron chi connectivity index (χ4n) is 3.70. The number of ether oxygens (including phenoxy) is 2. The second kappa shape index (κ2) is 10.4. The Labute approximate surface area is 200 Å². The second-order valence-corrected chi connectivity index (χ2v) is 9.79. The first-order chi connectivity index (χ1) is 16.4. The van der Waals surface area contributed by atoms with Crippen molar-refractivity contribution >= 4 is 13.7 Å². The molecule has 0 spiro atoms. The summed E-state index contributed by atoms with van der Waals surface area (Å²) in [6.45, 7) is 4.14. The number of hydrogen-bond donors (Lipinski definition) is 4. The Bertz CT molecular complexity index is 1200. The lowest BCUT2D eigenvalue weighted by molar-refractivity contribution is -0.146. The molecule has 1 fully saturated rings. The second-order valence-electron chi connectivity index (χ2n) is 8.14. The van der Waals surface area contributed by atoms with Crippen LogP contribution in [-0.2, 0) is 29.1 Å². The van der Waals surface area contributed by atoms with Gasteiger partial charge in [-0.05, 0) is 32.9 Å². The van der Waals surface area contributed by atoms with E-state index in [2.05, 4.69) is 14.8 Å². The van der Waals surface area contributed by atoms with Gasteiger partial charge < -0.3 is 24.2 Å². The van der Waals surface area contributed by atoms with Crippen molar-refractivity contribution in [3.05, 3.63) is 63.4 Å². The topological polar surface area (TPSA) is 178 Å². The molecule has 3 rings (SSSR count). The average molecular weight is 513 g/mol. The predicted octanol–water partition coefficient (Wildman–Crippen LogP) is 0.0732. The highest BCUT2D eigenvalue weighted by Gasteiger charge is 2.55. The SMILES string of the molecule is COC(=O)C(C)NP(=O)(Oc1ccccc1)OC(C)C1OC(C)(n2ccc(=O)[nH]c2=O)C(O)C1O. The summed E-state index contributed by atoms with van der Waals surface area (Å²) >= 11 is 0. The summed E-state index contributed by atoms with van der Waals surface area (Å²) in [5.74, 6) is -0.555. The minimum atomic E-state index is -4.29. The molecule has 0 saturated carbocycles. The van der Waals surface area contributed by atoms with E-state index in [4.69, 9.17) is 13.8 Å². The van der Waals surface area contributed by atoms with Gasteiger partial charge in [0, 0.05) is 12.3 Å². The summed E-state index contributed by atoms with van der Waals surface area (Å²) in [4.78, 5) is 37.7. The lowest BCUT2D eigenvalue weighted by atomic mass is 10.0. The van der Waals surface area contributed by atoms with E-state index in [1.807, 2.05) is 0 Å². The molecule has 0 bridgehead atoms. The highest BCUT2D eigenvalue weighted by Crippen LogP contribution is 2.48. The normalized spacial score (nSPS) is 27.5. The number of carbonyl (C=O) groups excluding carboxylic acids is 1. The van der Waals surface area contributed by atoms with Gasteiger partial charge in [0.05, 0.1) is 13.2 Å². The fourth-order valence-corrected chi connectivity index (χ4v) is 5.39. The number of aromatic nitrogens is 2. The molecule has 1 saturated heterocycles. The van der Waals surface area contributed by atoms with E-state index in [-0.39, 0.29) is 5.75 Å². The number of para-hydroxylation sites is 1. The van der Waals surface area contributed by atoms with Crippen molar-refractivity contribution in [2.75, 3.05) is 7.11 Å². The lowest BCUT2D eigenvalue weighted by Crippen LogP contribution is -2.49. The molecular formula is C21H28N3O10P. The van der Waals surface area contributed by atoms with Crippen LogP contribution in [0.5, 0.6) is 5.75 Å². The van der Waals surface area contributed by atoms with Gasteiger partial charge >= 0.3 is 19.4 Å². The Hall–Kier alpha value is -2.80. The number of rotatable bonds is 9. The molecule has 192 valence electrons. The molecule has 7 atom stereocenters. The summed E-state index contributed by atoms with van der Waals surface area (Å²) < 4.78 is 36.2. The number of aromatic amines is 1. The van der Waals surface area contributed by atoms with Crippen LogP contribution in [0.3, 0.4) is 0 Å². The molecule has 1 aliphatic heterocycles. The zero-order valence-corrected chi connectivity index (χ0v) is 20.4. The maximum Gasteiger partial charge on any atom is 0.459 e. The number of esters is 1. The number of nitrogens with zero attached hydrogens (tertiary/aromatic N) is 1. The van der Waals surface area contributed by atoms with Gasteiger partial charge in [0.25, 0.3) is 5.56 Å². The van der Waals surface area contributed by atoms with Crippen molar-refractivity contribution in [2.24, 2.45) is 0 Å². The molecule has 1 aliphatic rings. The monoisotopic (exact) mass is 513 g/mol. The third-order valence-corrected chi connectivity index (χ3v) is 7.29. The molecule has 7 unspecified atom stereocenters. The lowest BCUT2D eigenvalue weighted by Gasteiger charge is -2.31. The minimum Gasteiger partial charge on any atom is -0.468 e. The van der Waals surface area contributed by atoms with Gasteiger partial charge in [-0.2, -0.15) is 5.09 Å². The molecule has 0 amide bonds. The molecule has 2 heterocycles. The number of H-pyrrole nitrogens is 1. The Kier molecular flexibility index (Phi) is 8.00. The minimum absolute atomic E-state index is 0.171. The average Bonchev–Trinajstić information content (AvgIpc) is 3.03. The summed E-state index contributed by atoms with van der Waals surface area (Å²) in [7, 11) is -3.13. The molecule has 13 nitrogen and oxygen atoms in total. The fraction of sp³-hybridized carbons (Fsp3) is 0.476. The molecule has 35 heavy (non-hydrogen) atoms. The van der Waals surface area contributed by atoms with Crippen molar-refractivity contribution in [3.63, 3.8) is 0 Å². The number of carbonyl (C=O) groups is 1. The molecule has 1 aromatic carbocycles. The number of methoxy groups -OCH3 is 1. The summed E-state index contributed by atoms with van der Waals surface area (Å²) in [5.41, 5.74) is -3.31. The number of aliphatic hydroxyl groups excluding tert-OH is 2. The van der Waals surface area contributed by atoms with Crippen LogP contribution in [-0.4, -0.2) is 63.3 Å². The van der Waals surface area contributed by atoms with Crippen LogP contribution in [0.25, 0.3) is 0 Å². The Morgan fingerprint density at radius 1 is 1.23 bits per heavy atom. The highest BCUT2D eigenvalue weighted by atomic mass is 31.2. The molecule has 14 heteroatoms. The van der Waals surface area contributed by atoms with Crippen LogP contribution < -0.4 is 20.9 Å². The van der Waals surface area contributed by atoms with Crippen LogP contribution in [0.4, 0.5) is 0 Å². The van der Waals surface area contributed by atoms with Crippen LogP contribution in [0.1, 0.15) is 20.8 Å². The van der Waals surface area contributed by atoms with Gasteiger partial charge in [0.1, 0.15) is 30.1 Å². The molecule has 0 radical (unpaired) electrons. The number of nitrogens with one attached hydrogen (secondary N) is 2. The number of benzene rings is 1. The smallest absolute Gasteiger partial charge is 0.459 e. The molecular weight excluding hydrogens is 485 g/mol. The molecule has 4 N–H and O–H groups in total. The summed E-state index contributed by atoms with van der Waals surface area (Å²) in [6, 6.07) is 8.01. The molecule has 2 aromatic rings. The van der Waals surface area contributed by atoms with E-state index in [1.54, 1.807) is 18.2 Å². The van der Waals surface area contributed by atoms with Crippen LogP contribution in [0.2, 0.25) is 0 Å². The Morgan fingerprint density at radius 3 is 2.49 bits per heavy atom. The Morgan fingerprint density at radius 2 is 1.89 bits per heavy atom. The first kappa shape index (κ1) is 26.8. The number of hydrogen-bond acceptors (Lipinski definition) is 10. The predicted molar refractivity (Wildman–Crippen MR) is 122 cm³/mol. The van der Waals surface area contributed by atoms with Gasteiger partial charge in [0.15, 0.2) is 5.72 Å². The van der Waals surface area contributed by atoms with Gasteiger partial charge in [-0.1, -0.05) is 18.2 Å². The van der Waals surface area contributed by atoms with E-state index in [0.29, 0.717) is 0 Å². The van der Waals surface area contributed by atoms with E-state index >= 15 is 0 Å². The van der Waals surface area contributed by atoms with Gasteiger partial charge in [-0.25, -0.2) is 9.36 Å². The Balaban J connectivity index is 1.87. The van der Waals surface area contributed by atoms with Crippen molar-refractivity contribution in [2.45, 2.75) is 57.0 Å². The maximum atomic E-state index is 13.6. The van der Waals surface area contributed by atoms with Crippen LogP contribution >= 0.6 is 7.75 Å². The van der Waals surface area contributed by atoms with Crippen LogP contribution in [0.15, 0.2) is 52.2 Å². The first-order valence-electron chi connectivity index (χ1n) is 10.7. The first-order valence-corrected chi connectivity index (χ1v) is 12.2. The molecule has 1 aromatic heterocycles. The third-order valence-electron chi connectivity index (χ3n) is 5.53. The summed E-state index contributed by atoms with van der Waals surface area (Å²) in [6.07, 6.45) is -4.58. The van der Waals surface area contributed by atoms with E-state index in [1.165, 1.54) is 32.9 Å². The van der Waals surface area contributed by atoms with E-state index in [9.17, 15) is 29.2 Å². The zero-order valence-electron chi connectivity index (χ0n) is 19.5. The maximum absolute atomic E-state index is 13.6. The molecule has 0 aliphatic carbocycles. The largest absolute Gasteiger partial charge is 0.468 e. The van der Waals surface area contributed by atoms with Gasteiger partial charge in [-0.3, -0.25) is 23.7 Å². The van der Waals surface area contributed by atoms with Gasteiger partial charge in [-0.15, -0.1) is 0 Å². The van der Waals surface area contributed by atoms with Crippen molar-refractivity contribution in [1.82, 2.24) is 14.6 Å². The quantitative estimate of drug-likeness (QED) is 0.263. The van der Waals surface area contributed by atoms with Crippen molar-refractivity contribution in [3.8, 4) is 5.75 Å². The zero-order chi connectivity index (χ0) is 26.0.